The molecule has 4 rings (SSSR count). The Kier molecular flexibility index (Phi) is 7.74. The molecular formula is C26H31N5O5. The summed E-state index contributed by atoms with van der Waals surface area (Å²) in [6.07, 6.45) is 1.05. The number of aliphatic hydroxyl groups excluding tert-OH is 1. The number of rotatable bonds is 10. The monoisotopic (exact) mass is 493 g/mol. The standard InChI is InChI=1S/C26H31N5O5/c1-5-36-20-13-12-17(15-21(20)35-4)24-23(25(33)28-18-9-6-7-10-19(18)34-3)16(2)27-26-29-22(11-8-14-32)30-31(24)26/h6-7,9-10,12-13,15,24,32H,5,8,11,14H2,1-4H3,(H,28,33)(H,27,29,30)/t24-/m1/s1. The lowest BCUT2D eigenvalue weighted by Crippen LogP contribution is -2.31. The largest absolute Gasteiger partial charge is 0.495 e. The number of aromatic nitrogens is 3. The number of amides is 1. The zero-order chi connectivity index (χ0) is 25.7. The number of ether oxygens (including phenoxy) is 3. The lowest BCUT2D eigenvalue weighted by Gasteiger charge is -2.29. The van der Waals surface area contributed by atoms with Gasteiger partial charge < -0.3 is 30.0 Å². The lowest BCUT2D eigenvalue weighted by atomic mass is 9.94. The minimum Gasteiger partial charge on any atom is -0.495 e. The molecule has 3 aromatic rings. The van der Waals surface area contributed by atoms with Crippen molar-refractivity contribution in [1.29, 1.82) is 0 Å². The number of carbonyl (C=O) groups excluding carboxylic acids is 1. The fourth-order valence-corrected chi connectivity index (χ4v) is 4.21. The second-order valence-electron chi connectivity index (χ2n) is 8.19. The van der Waals surface area contributed by atoms with Gasteiger partial charge in [0.2, 0.25) is 5.95 Å². The van der Waals surface area contributed by atoms with Crippen molar-refractivity contribution in [3.63, 3.8) is 0 Å². The summed E-state index contributed by atoms with van der Waals surface area (Å²) in [6, 6.07) is 12.2. The van der Waals surface area contributed by atoms with Gasteiger partial charge in [-0.2, -0.15) is 10.1 Å². The number of hydrogen-bond donors (Lipinski definition) is 3. The van der Waals surface area contributed by atoms with Gasteiger partial charge in [0, 0.05) is 18.7 Å². The van der Waals surface area contributed by atoms with E-state index in [1.807, 2.05) is 44.2 Å². The quantitative estimate of drug-likeness (QED) is 0.392. The normalized spacial score (nSPS) is 14.6. The lowest BCUT2D eigenvalue weighted by molar-refractivity contribution is -0.113. The van der Waals surface area contributed by atoms with E-state index in [9.17, 15) is 9.90 Å². The number of aliphatic hydroxyl groups is 1. The average molecular weight is 494 g/mol. The first-order valence-corrected chi connectivity index (χ1v) is 11.8. The molecule has 3 N–H and O–H groups in total. The van der Waals surface area contributed by atoms with Gasteiger partial charge in [-0.15, -0.1) is 0 Å². The Morgan fingerprint density at radius 2 is 1.92 bits per heavy atom. The third-order valence-corrected chi connectivity index (χ3v) is 5.86. The molecule has 10 heteroatoms. The van der Waals surface area contributed by atoms with E-state index in [4.69, 9.17) is 14.2 Å². The van der Waals surface area contributed by atoms with Crippen LogP contribution in [-0.4, -0.2) is 53.2 Å². The molecule has 1 aliphatic rings. The van der Waals surface area contributed by atoms with Crippen molar-refractivity contribution in [3.8, 4) is 17.2 Å². The third kappa shape index (κ3) is 4.99. The second-order valence-corrected chi connectivity index (χ2v) is 8.19. The van der Waals surface area contributed by atoms with Crippen LogP contribution in [0.25, 0.3) is 0 Å². The first-order chi connectivity index (χ1) is 17.5. The summed E-state index contributed by atoms with van der Waals surface area (Å²) in [4.78, 5) is 18.3. The summed E-state index contributed by atoms with van der Waals surface area (Å²) < 4.78 is 18.4. The summed E-state index contributed by atoms with van der Waals surface area (Å²) in [5, 5.41) is 20.1. The highest BCUT2D eigenvalue weighted by atomic mass is 16.5. The molecular weight excluding hydrogens is 462 g/mol. The number of benzene rings is 2. The Morgan fingerprint density at radius 1 is 1.14 bits per heavy atom. The third-order valence-electron chi connectivity index (χ3n) is 5.86. The van der Waals surface area contributed by atoms with Crippen LogP contribution in [0.5, 0.6) is 17.2 Å². The number of carbonyl (C=O) groups is 1. The number of para-hydroxylation sites is 2. The Bertz CT molecular complexity index is 1270. The van der Waals surface area contributed by atoms with Gasteiger partial charge in [-0.05, 0) is 50.1 Å². The number of methoxy groups -OCH3 is 2. The number of anilines is 2. The van der Waals surface area contributed by atoms with Gasteiger partial charge >= 0.3 is 0 Å². The molecule has 190 valence electrons. The summed E-state index contributed by atoms with van der Waals surface area (Å²) in [7, 11) is 3.14. The minimum absolute atomic E-state index is 0.0423. The van der Waals surface area contributed by atoms with Crippen molar-refractivity contribution in [2.45, 2.75) is 32.7 Å². The van der Waals surface area contributed by atoms with E-state index in [1.54, 1.807) is 31.0 Å². The summed E-state index contributed by atoms with van der Waals surface area (Å²) >= 11 is 0. The van der Waals surface area contributed by atoms with E-state index in [0.717, 1.165) is 5.56 Å². The number of hydrogen-bond acceptors (Lipinski definition) is 8. The first kappa shape index (κ1) is 25.1. The number of fused-ring (bicyclic) bond motifs is 1. The molecule has 0 spiro atoms. The van der Waals surface area contributed by atoms with Crippen LogP contribution < -0.4 is 24.8 Å². The summed E-state index contributed by atoms with van der Waals surface area (Å²) in [6.45, 7) is 4.28. The number of nitrogens with zero attached hydrogens (tertiary/aromatic N) is 3. The molecule has 2 aromatic carbocycles. The van der Waals surface area contributed by atoms with Gasteiger partial charge in [0.25, 0.3) is 5.91 Å². The second kappa shape index (κ2) is 11.1. The number of allylic oxidation sites excluding steroid dienone is 1. The van der Waals surface area contributed by atoms with Gasteiger partial charge in [-0.3, -0.25) is 4.79 Å². The van der Waals surface area contributed by atoms with Crippen LogP contribution in [0.1, 0.15) is 37.7 Å². The van der Waals surface area contributed by atoms with Gasteiger partial charge in [0.15, 0.2) is 17.3 Å². The van der Waals surface area contributed by atoms with Gasteiger partial charge in [0.1, 0.15) is 11.8 Å². The summed E-state index contributed by atoms with van der Waals surface area (Å²) in [5.74, 6) is 2.51. The molecule has 0 radical (unpaired) electrons. The smallest absolute Gasteiger partial charge is 0.255 e. The predicted molar refractivity (Wildman–Crippen MR) is 136 cm³/mol. The van der Waals surface area contributed by atoms with Crippen LogP contribution in [0, 0.1) is 0 Å². The maximum Gasteiger partial charge on any atom is 0.255 e. The van der Waals surface area contributed by atoms with Crippen LogP contribution in [-0.2, 0) is 11.2 Å². The highest BCUT2D eigenvalue weighted by Gasteiger charge is 2.35. The Morgan fingerprint density at radius 3 is 2.64 bits per heavy atom. The summed E-state index contributed by atoms with van der Waals surface area (Å²) in [5.41, 5.74) is 2.45. The zero-order valence-corrected chi connectivity index (χ0v) is 20.9. The molecule has 10 nitrogen and oxygen atoms in total. The van der Waals surface area contributed by atoms with Crippen molar-refractivity contribution >= 4 is 17.5 Å². The SMILES string of the molecule is CCOc1ccc([C@@H]2C(C(=O)Nc3ccccc3OC)=C(C)Nc3nc(CCCO)nn32)cc1OC. The topological polar surface area (TPSA) is 120 Å². The van der Waals surface area contributed by atoms with Crippen LogP contribution in [0.4, 0.5) is 11.6 Å². The van der Waals surface area contributed by atoms with Crippen molar-refractivity contribution in [2.75, 3.05) is 38.1 Å². The highest BCUT2D eigenvalue weighted by molar-refractivity contribution is 6.06. The van der Waals surface area contributed by atoms with Gasteiger partial charge in [-0.1, -0.05) is 18.2 Å². The molecule has 1 atom stereocenters. The van der Waals surface area contributed by atoms with Crippen LogP contribution in [0.3, 0.4) is 0 Å². The van der Waals surface area contributed by atoms with Crippen molar-refractivity contribution in [3.05, 3.63) is 65.1 Å². The van der Waals surface area contributed by atoms with Crippen molar-refractivity contribution < 1.29 is 24.1 Å². The van der Waals surface area contributed by atoms with E-state index in [2.05, 4.69) is 20.7 Å². The molecule has 0 unspecified atom stereocenters. The molecule has 36 heavy (non-hydrogen) atoms. The molecule has 1 aromatic heterocycles. The van der Waals surface area contributed by atoms with Crippen LogP contribution in [0.2, 0.25) is 0 Å². The molecule has 2 heterocycles. The van der Waals surface area contributed by atoms with E-state index < -0.39 is 6.04 Å². The molecule has 0 aliphatic carbocycles. The number of aryl methyl sites for hydroxylation is 1. The minimum atomic E-state index is -0.587. The van der Waals surface area contributed by atoms with Gasteiger partial charge in [0.05, 0.1) is 32.1 Å². The molecule has 0 saturated heterocycles. The molecule has 0 bridgehead atoms. The Hall–Kier alpha value is -4.05. The molecule has 0 fully saturated rings. The highest BCUT2D eigenvalue weighted by Crippen LogP contribution is 2.39. The van der Waals surface area contributed by atoms with E-state index >= 15 is 0 Å². The number of nitrogens with one attached hydrogen (secondary N) is 2. The Labute approximate surface area is 209 Å². The van der Waals surface area contributed by atoms with Crippen molar-refractivity contribution in [2.24, 2.45) is 0 Å². The van der Waals surface area contributed by atoms with E-state index in [-0.39, 0.29) is 12.5 Å². The van der Waals surface area contributed by atoms with Gasteiger partial charge in [-0.25, -0.2) is 4.68 Å². The first-order valence-electron chi connectivity index (χ1n) is 11.8. The predicted octanol–water partition coefficient (Wildman–Crippen LogP) is 3.55. The van der Waals surface area contributed by atoms with E-state index in [0.29, 0.717) is 65.4 Å². The Balaban J connectivity index is 1.80. The maximum absolute atomic E-state index is 13.7. The average Bonchev–Trinajstić information content (AvgIpc) is 3.29. The van der Waals surface area contributed by atoms with E-state index in [1.165, 1.54) is 0 Å². The van der Waals surface area contributed by atoms with Crippen LogP contribution in [0.15, 0.2) is 53.7 Å². The maximum atomic E-state index is 13.7. The molecule has 0 saturated carbocycles. The molecule has 1 amide bonds. The molecule has 1 aliphatic heterocycles. The fourth-order valence-electron chi connectivity index (χ4n) is 4.21. The van der Waals surface area contributed by atoms with Crippen molar-refractivity contribution in [1.82, 2.24) is 14.8 Å². The fraction of sp³-hybridized carbons (Fsp3) is 0.346. The zero-order valence-electron chi connectivity index (χ0n) is 20.9. The van der Waals surface area contributed by atoms with Crippen LogP contribution >= 0.6 is 0 Å².